The zero-order valence-corrected chi connectivity index (χ0v) is 16.4. The van der Waals surface area contributed by atoms with Crippen molar-refractivity contribution in [3.63, 3.8) is 0 Å². The first kappa shape index (κ1) is 25.0. The molecule has 2 atom stereocenters. The fourth-order valence-corrected chi connectivity index (χ4v) is 3.32. The van der Waals surface area contributed by atoms with E-state index in [0.717, 1.165) is 28.1 Å². The fourth-order valence-electron chi connectivity index (χ4n) is 3.32. The van der Waals surface area contributed by atoms with E-state index in [9.17, 15) is 45.8 Å². The third-order valence-electron chi connectivity index (χ3n) is 4.80. The van der Waals surface area contributed by atoms with Crippen molar-refractivity contribution in [1.82, 2.24) is 4.90 Å². The van der Waals surface area contributed by atoms with E-state index in [1.807, 2.05) is 0 Å². The van der Waals surface area contributed by atoms with Crippen LogP contribution in [0.5, 0.6) is 0 Å². The van der Waals surface area contributed by atoms with Gasteiger partial charge in [-0.1, -0.05) is 0 Å². The third-order valence-corrected chi connectivity index (χ3v) is 4.80. The summed E-state index contributed by atoms with van der Waals surface area (Å²) in [6, 6.07) is -0.942. The van der Waals surface area contributed by atoms with Crippen LogP contribution in [0.3, 0.4) is 0 Å². The van der Waals surface area contributed by atoms with Crippen molar-refractivity contribution in [3.05, 3.63) is 41.6 Å². The van der Waals surface area contributed by atoms with Crippen LogP contribution in [0.4, 0.5) is 32.0 Å². The Morgan fingerprint density at radius 3 is 2.19 bits per heavy atom. The van der Waals surface area contributed by atoms with E-state index < -0.39 is 66.3 Å². The van der Waals surface area contributed by atoms with Crippen molar-refractivity contribution >= 4 is 23.5 Å². The van der Waals surface area contributed by atoms with Gasteiger partial charge in [0.15, 0.2) is 0 Å². The molecule has 0 aromatic heterocycles. The molecule has 2 unspecified atom stereocenters. The Bertz CT molecular complexity index is 928. The zero-order chi connectivity index (χ0) is 24.4. The van der Waals surface area contributed by atoms with Crippen LogP contribution in [0.2, 0.25) is 0 Å². The van der Waals surface area contributed by atoms with Crippen molar-refractivity contribution in [2.24, 2.45) is 0 Å². The van der Waals surface area contributed by atoms with Gasteiger partial charge in [0.2, 0.25) is 5.91 Å². The maximum Gasteiger partial charge on any atom is 0.417 e. The highest BCUT2D eigenvalue weighted by Gasteiger charge is 2.43. The standard InChI is InChI=1S/C19H18F6N2O5/c1-10-9-27(14(17(31)32)4-5-16(29)30)15(28)6-7-26(10)11-2-3-12(18(20,21)22)13(8-11)19(23,24)25/h2-3,6-8,10,14H,4-5,9H2,1H3,(H,29,30)(H,31,32). The number of carbonyl (C=O) groups is 3. The first-order valence-electron chi connectivity index (χ1n) is 9.13. The Hall–Kier alpha value is -3.25. The predicted molar refractivity (Wildman–Crippen MR) is 97.5 cm³/mol. The van der Waals surface area contributed by atoms with Crippen LogP contribution in [0.1, 0.15) is 30.9 Å². The van der Waals surface area contributed by atoms with Crippen molar-refractivity contribution in [1.29, 1.82) is 0 Å². The number of rotatable bonds is 6. The van der Waals surface area contributed by atoms with Gasteiger partial charge in [-0.3, -0.25) is 9.59 Å². The highest BCUT2D eigenvalue weighted by atomic mass is 19.4. The Labute approximate surface area is 177 Å². The summed E-state index contributed by atoms with van der Waals surface area (Å²) < 4.78 is 78.8. The Balaban J connectivity index is 2.42. The first-order valence-corrected chi connectivity index (χ1v) is 9.13. The minimum absolute atomic E-state index is 0.288. The van der Waals surface area contributed by atoms with Crippen molar-refractivity contribution in [2.45, 2.75) is 44.2 Å². The molecule has 0 fully saturated rings. The van der Waals surface area contributed by atoms with Crippen LogP contribution in [0, 0.1) is 0 Å². The highest BCUT2D eigenvalue weighted by Crippen LogP contribution is 2.42. The number of carboxylic acid groups (broad SMARTS) is 2. The van der Waals surface area contributed by atoms with E-state index in [2.05, 4.69) is 0 Å². The van der Waals surface area contributed by atoms with E-state index >= 15 is 0 Å². The number of aliphatic carboxylic acids is 2. The first-order chi connectivity index (χ1) is 14.6. The molecule has 1 aromatic rings. The number of amides is 1. The largest absolute Gasteiger partial charge is 0.481 e. The van der Waals surface area contributed by atoms with Gasteiger partial charge in [-0.2, -0.15) is 26.3 Å². The second-order valence-electron chi connectivity index (χ2n) is 7.07. The van der Waals surface area contributed by atoms with Crippen LogP contribution in [-0.2, 0) is 26.7 Å². The molecule has 0 saturated heterocycles. The van der Waals surface area contributed by atoms with Crippen LogP contribution in [-0.4, -0.2) is 51.6 Å². The quantitative estimate of drug-likeness (QED) is 0.620. The lowest BCUT2D eigenvalue weighted by atomic mass is 10.0. The third kappa shape index (κ3) is 5.71. The number of carboxylic acids is 2. The molecule has 0 spiro atoms. The summed E-state index contributed by atoms with van der Waals surface area (Å²) in [7, 11) is 0. The van der Waals surface area contributed by atoms with Gasteiger partial charge in [-0.05, 0) is 31.5 Å². The summed E-state index contributed by atoms with van der Waals surface area (Å²) in [5.41, 5.74) is -4.06. The number of carbonyl (C=O) groups excluding carboxylic acids is 1. The molecule has 2 rings (SSSR count). The smallest absolute Gasteiger partial charge is 0.417 e. The topological polar surface area (TPSA) is 98.1 Å². The summed E-state index contributed by atoms with van der Waals surface area (Å²) in [5.74, 6) is -3.59. The van der Waals surface area contributed by atoms with Crippen LogP contribution < -0.4 is 4.90 Å². The molecule has 1 amide bonds. The molecule has 1 aliphatic rings. The molecule has 7 nitrogen and oxygen atoms in total. The lowest BCUT2D eigenvalue weighted by molar-refractivity contribution is -0.162. The highest BCUT2D eigenvalue weighted by molar-refractivity contribution is 5.92. The molecule has 0 bridgehead atoms. The van der Waals surface area contributed by atoms with E-state index in [0.29, 0.717) is 6.07 Å². The number of nitrogens with zero attached hydrogens (tertiary/aromatic N) is 2. The molecule has 1 aromatic carbocycles. The Morgan fingerprint density at radius 2 is 1.69 bits per heavy atom. The number of hydrogen-bond acceptors (Lipinski definition) is 4. The molecule has 1 heterocycles. The molecule has 2 N–H and O–H groups in total. The van der Waals surface area contributed by atoms with Crippen molar-refractivity contribution in [3.8, 4) is 0 Å². The van der Waals surface area contributed by atoms with Gasteiger partial charge in [-0.15, -0.1) is 0 Å². The van der Waals surface area contributed by atoms with E-state index in [4.69, 9.17) is 5.11 Å². The summed E-state index contributed by atoms with van der Waals surface area (Å²) in [4.78, 5) is 36.7. The van der Waals surface area contributed by atoms with Gasteiger partial charge < -0.3 is 20.0 Å². The van der Waals surface area contributed by atoms with Gasteiger partial charge in [0, 0.05) is 37.0 Å². The van der Waals surface area contributed by atoms with Gasteiger partial charge in [0.05, 0.1) is 11.1 Å². The molecule has 32 heavy (non-hydrogen) atoms. The molecule has 1 aliphatic heterocycles. The minimum atomic E-state index is -5.30. The number of halogens is 6. The van der Waals surface area contributed by atoms with Crippen molar-refractivity contribution < 1.29 is 50.9 Å². The number of benzene rings is 1. The molecular formula is C19H18F6N2O5. The second-order valence-corrected chi connectivity index (χ2v) is 7.07. The predicted octanol–water partition coefficient (Wildman–Crippen LogP) is 3.59. The summed E-state index contributed by atoms with van der Waals surface area (Å²) in [6.45, 7) is 1.10. The monoisotopic (exact) mass is 468 g/mol. The summed E-state index contributed by atoms with van der Waals surface area (Å²) in [5, 5.41) is 18.2. The molecule has 0 radical (unpaired) electrons. The lowest BCUT2D eigenvalue weighted by Gasteiger charge is -2.33. The van der Waals surface area contributed by atoms with E-state index in [1.165, 1.54) is 6.92 Å². The van der Waals surface area contributed by atoms with Crippen LogP contribution >= 0.6 is 0 Å². The van der Waals surface area contributed by atoms with Crippen LogP contribution in [0.25, 0.3) is 0 Å². The fraction of sp³-hybridized carbons (Fsp3) is 0.421. The lowest BCUT2D eigenvalue weighted by Crippen LogP contribution is -2.48. The molecule has 0 saturated carbocycles. The molecule has 176 valence electrons. The Morgan fingerprint density at radius 1 is 1.09 bits per heavy atom. The summed E-state index contributed by atoms with van der Waals surface area (Å²) in [6.07, 6.45) is -9.58. The second kappa shape index (κ2) is 9.09. The zero-order valence-electron chi connectivity index (χ0n) is 16.4. The maximum absolute atomic E-state index is 13.3. The van der Waals surface area contributed by atoms with Gasteiger partial charge in [-0.25, -0.2) is 4.79 Å². The number of alkyl halides is 6. The number of anilines is 1. The van der Waals surface area contributed by atoms with Gasteiger partial charge in [0.1, 0.15) is 6.04 Å². The van der Waals surface area contributed by atoms with Gasteiger partial charge in [0.25, 0.3) is 0 Å². The SMILES string of the molecule is CC1CN(C(CCC(=O)O)C(=O)O)C(=O)C=CN1c1ccc(C(F)(F)F)c(C(F)(F)F)c1. The molecular weight excluding hydrogens is 450 g/mol. The maximum atomic E-state index is 13.3. The van der Waals surface area contributed by atoms with Crippen molar-refractivity contribution in [2.75, 3.05) is 11.4 Å². The average Bonchev–Trinajstić information content (AvgIpc) is 2.78. The normalized spacial score (nSPS) is 18.5. The molecule has 13 heteroatoms. The average molecular weight is 468 g/mol. The number of hydrogen-bond donors (Lipinski definition) is 2. The Kier molecular flexibility index (Phi) is 7.10. The molecule has 0 aliphatic carbocycles. The summed E-state index contributed by atoms with van der Waals surface area (Å²) >= 11 is 0. The minimum Gasteiger partial charge on any atom is -0.481 e. The van der Waals surface area contributed by atoms with E-state index in [-0.39, 0.29) is 18.3 Å². The van der Waals surface area contributed by atoms with Crippen LogP contribution in [0.15, 0.2) is 30.5 Å². The van der Waals surface area contributed by atoms with E-state index in [1.54, 1.807) is 0 Å². The van der Waals surface area contributed by atoms with Gasteiger partial charge >= 0.3 is 24.3 Å².